The van der Waals surface area contributed by atoms with Crippen LogP contribution in [-0.2, 0) is 0 Å². The molecule has 0 atom stereocenters. The third-order valence-electron chi connectivity index (χ3n) is 5.40. The van der Waals surface area contributed by atoms with Crippen molar-refractivity contribution in [3.63, 3.8) is 0 Å². The van der Waals surface area contributed by atoms with Crippen molar-refractivity contribution in [2.45, 2.75) is 33.6 Å². The topological polar surface area (TPSA) is 21.1 Å². The Bertz CT molecular complexity index is 997. The van der Waals surface area contributed by atoms with Gasteiger partial charge in [-0.15, -0.1) is 0 Å². The molecule has 0 bridgehead atoms. The van der Waals surface area contributed by atoms with E-state index in [0.29, 0.717) is 5.02 Å². The summed E-state index contributed by atoms with van der Waals surface area (Å²) in [5, 5.41) is 1.93. The van der Waals surface area contributed by atoms with Gasteiger partial charge in [-0.05, 0) is 88.2 Å². The van der Waals surface area contributed by atoms with Crippen LogP contribution in [0, 0.1) is 19.8 Å². The van der Waals surface area contributed by atoms with Gasteiger partial charge in [0, 0.05) is 50.0 Å². The molecule has 3 nitrogen and oxygen atoms in total. The molecule has 1 aromatic carbocycles. The largest absolute Gasteiger partial charge is 0.371 e. The summed E-state index contributed by atoms with van der Waals surface area (Å²) in [6, 6.07) is 6.08. The minimum absolute atomic E-state index is 0.693. The van der Waals surface area contributed by atoms with E-state index in [1.807, 2.05) is 12.1 Å². The number of fused-ring (bicyclic) bond motifs is 1. The van der Waals surface area contributed by atoms with Crippen LogP contribution in [0.1, 0.15) is 31.0 Å². The maximum atomic E-state index is 6.21. The molecule has 3 heterocycles. The number of aromatic nitrogens is 2. The average Bonchev–Trinajstić information content (AvgIpc) is 2.90. The number of piperidine rings is 1. The zero-order valence-corrected chi connectivity index (χ0v) is 19.6. The van der Waals surface area contributed by atoms with Crippen LogP contribution >= 0.6 is 43.5 Å². The second-order valence-corrected chi connectivity index (χ2v) is 9.70. The summed E-state index contributed by atoms with van der Waals surface area (Å²) in [7, 11) is 0. The zero-order chi connectivity index (χ0) is 19.3. The van der Waals surface area contributed by atoms with Gasteiger partial charge in [-0.1, -0.05) is 18.5 Å². The fraction of sp³-hybridized carbons (Fsp3) is 0.381. The average molecular weight is 512 g/mol. The molecule has 0 saturated carbocycles. The molecule has 1 aliphatic rings. The molecule has 2 aromatic heterocycles. The van der Waals surface area contributed by atoms with E-state index in [1.54, 1.807) is 0 Å². The highest BCUT2D eigenvalue weighted by Crippen LogP contribution is 2.39. The van der Waals surface area contributed by atoms with E-state index in [2.05, 4.69) is 74.4 Å². The van der Waals surface area contributed by atoms with Crippen LogP contribution in [0.3, 0.4) is 0 Å². The third-order valence-corrected chi connectivity index (χ3v) is 6.83. The van der Waals surface area contributed by atoms with Crippen LogP contribution in [0.4, 0.5) is 5.69 Å². The van der Waals surface area contributed by atoms with E-state index in [-0.39, 0.29) is 0 Å². The summed E-state index contributed by atoms with van der Waals surface area (Å²) in [5.41, 5.74) is 5.59. The van der Waals surface area contributed by atoms with E-state index in [1.165, 1.54) is 29.5 Å². The van der Waals surface area contributed by atoms with Crippen molar-refractivity contribution in [3.05, 3.63) is 49.6 Å². The monoisotopic (exact) mass is 509 g/mol. The van der Waals surface area contributed by atoms with Gasteiger partial charge in [0.25, 0.3) is 0 Å². The first-order valence-electron chi connectivity index (χ1n) is 9.24. The van der Waals surface area contributed by atoms with Crippen molar-refractivity contribution >= 4 is 60.2 Å². The van der Waals surface area contributed by atoms with E-state index in [4.69, 9.17) is 16.6 Å². The van der Waals surface area contributed by atoms with E-state index < -0.39 is 0 Å². The summed E-state index contributed by atoms with van der Waals surface area (Å²) in [6.07, 6.45) is 4.67. The molecule has 1 aliphatic heterocycles. The van der Waals surface area contributed by atoms with Crippen molar-refractivity contribution in [1.29, 1.82) is 0 Å². The number of nitrogens with zero attached hydrogens (tertiary/aromatic N) is 3. The number of anilines is 1. The van der Waals surface area contributed by atoms with Crippen molar-refractivity contribution < 1.29 is 0 Å². The predicted octanol–water partition coefficient (Wildman–Crippen LogP) is 7.06. The fourth-order valence-electron chi connectivity index (χ4n) is 3.95. The lowest BCUT2D eigenvalue weighted by molar-refractivity contribution is 0.439. The molecular weight excluding hydrogens is 490 g/mol. The number of pyridine rings is 1. The van der Waals surface area contributed by atoms with Crippen molar-refractivity contribution in [2.75, 3.05) is 18.0 Å². The molecule has 0 unspecified atom stereocenters. The van der Waals surface area contributed by atoms with Crippen LogP contribution in [0.2, 0.25) is 5.02 Å². The molecule has 0 radical (unpaired) electrons. The Labute approximate surface area is 182 Å². The molecule has 0 aliphatic carbocycles. The number of halogens is 3. The molecule has 4 rings (SSSR count). The lowest BCUT2D eigenvalue weighted by atomic mass is 9.98. The molecule has 1 saturated heterocycles. The first kappa shape index (κ1) is 19.3. The number of hydrogen-bond donors (Lipinski definition) is 0. The number of rotatable bonds is 2. The van der Waals surface area contributed by atoms with Gasteiger partial charge in [-0.2, -0.15) is 0 Å². The van der Waals surface area contributed by atoms with Crippen molar-refractivity contribution in [2.24, 2.45) is 5.92 Å². The van der Waals surface area contributed by atoms with Gasteiger partial charge < -0.3 is 4.90 Å². The van der Waals surface area contributed by atoms with Gasteiger partial charge in [-0.25, -0.2) is 4.98 Å². The summed E-state index contributed by atoms with van der Waals surface area (Å²) < 4.78 is 4.05. The standard InChI is InChI=1S/C21H22Br2ClN3/c1-12-4-6-26(7-5-12)18-8-14(3)25-21-19(18)13(2)11-27(21)20-16(22)9-15(24)10-17(20)23/h8-12H,4-7H2,1-3H3. The Morgan fingerprint density at radius 2 is 1.70 bits per heavy atom. The van der Waals surface area contributed by atoms with Gasteiger partial charge in [0.15, 0.2) is 0 Å². The second kappa shape index (κ2) is 7.41. The van der Waals surface area contributed by atoms with Gasteiger partial charge in [-0.3, -0.25) is 4.57 Å². The van der Waals surface area contributed by atoms with Crippen molar-refractivity contribution in [3.8, 4) is 5.69 Å². The van der Waals surface area contributed by atoms with Gasteiger partial charge in [0.05, 0.1) is 5.69 Å². The molecule has 6 heteroatoms. The second-order valence-electron chi connectivity index (χ2n) is 7.55. The molecule has 0 amide bonds. The van der Waals surface area contributed by atoms with Crippen LogP contribution in [0.15, 0.2) is 33.3 Å². The lowest BCUT2D eigenvalue weighted by Gasteiger charge is -2.33. The minimum atomic E-state index is 0.693. The number of benzene rings is 1. The fourth-order valence-corrected chi connectivity index (χ4v) is 6.00. The first-order chi connectivity index (χ1) is 12.8. The molecule has 27 heavy (non-hydrogen) atoms. The van der Waals surface area contributed by atoms with Crippen LogP contribution in [0.5, 0.6) is 0 Å². The molecule has 0 N–H and O–H groups in total. The van der Waals surface area contributed by atoms with E-state index >= 15 is 0 Å². The minimum Gasteiger partial charge on any atom is -0.371 e. The molecule has 142 valence electrons. The highest BCUT2D eigenvalue weighted by atomic mass is 79.9. The van der Waals surface area contributed by atoms with Crippen LogP contribution in [-0.4, -0.2) is 22.6 Å². The van der Waals surface area contributed by atoms with Gasteiger partial charge in [0.2, 0.25) is 0 Å². The Morgan fingerprint density at radius 3 is 2.33 bits per heavy atom. The third kappa shape index (κ3) is 3.54. The Morgan fingerprint density at radius 1 is 1.07 bits per heavy atom. The lowest BCUT2D eigenvalue weighted by Crippen LogP contribution is -2.33. The van der Waals surface area contributed by atoms with Crippen LogP contribution < -0.4 is 4.90 Å². The summed E-state index contributed by atoms with van der Waals surface area (Å²) in [5.74, 6) is 0.811. The van der Waals surface area contributed by atoms with Crippen molar-refractivity contribution in [1.82, 2.24) is 9.55 Å². The van der Waals surface area contributed by atoms with Crippen LogP contribution in [0.25, 0.3) is 16.7 Å². The summed E-state index contributed by atoms with van der Waals surface area (Å²) in [4.78, 5) is 7.44. The predicted molar refractivity (Wildman–Crippen MR) is 122 cm³/mol. The Hall–Kier alpha value is -1.04. The van der Waals surface area contributed by atoms with E-state index in [0.717, 1.165) is 45.0 Å². The molecule has 1 fully saturated rings. The zero-order valence-electron chi connectivity index (χ0n) is 15.7. The smallest absolute Gasteiger partial charge is 0.147 e. The maximum Gasteiger partial charge on any atom is 0.147 e. The van der Waals surface area contributed by atoms with Gasteiger partial charge >= 0.3 is 0 Å². The maximum absolute atomic E-state index is 6.21. The highest BCUT2D eigenvalue weighted by molar-refractivity contribution is 9.11. The summed E-state index contributed by atoms with van der Waals surface area (Å²) in [6.45, 7) is 8.82. The first-order valence-corrected chi connectivity index (χ1v) is 11.2. The number of aryl methyl sites for hydroxylation is 2. The molecular formula is C21H22Br2ClN3. The normalized spacial score (nSPS) is 15.7. The SMILES string of the molecule is Cc1cc(N2CCC(C)CC2)c2c(C)cn(-c3c(Br)cc(Cl)cc3Br)c2n1. The molecule has 0 spiro atoms. The summed E-state index contributed by atoms with van der Waals surface area (Å²) >= 11 is 13.6. The number of hydrogen-bond acceptors (Lipinski definition) is 2. The Balaban J connectivity index is 1.93. The molecule has 3 aromatic rings. The highest BCUT2D eigenvalue weighted by Gasteiger charge is 2.22. The Kier molecular flexibility index (Phi) is 5.30. The van der Waals surface area contributed by atoms with Gasteiger partial charge in [0.1, 0.15) is 5.65 Å². The quantitative estimate of drug-likeness (QED) is 0.367. The van der Waals surface area contributed by atoms with E-state index in [9.17, 15) is 0 Å².